The van der Waals surface area contributed by atoms with Crippen LogP contribution in [0.2, 0.25) is 0 Å². The number of carbonyl (C=O) groups is 1. The molecule has 0 spiro atoms. The predicted molar refractivity (Wildman–Crippen MR) is 48.1 cm³/mol. The van der Waals surface area contributed by atoms with Gasteiger partial charge < -0.3 is 5.11 Å². The third-order valence-corrected chi connectivity index (χ3v) is 2.65. The van der Waals surface area contributed by atoms with E-state index in [0.29, 0.717) is 5.57 Å². The molecule has 0 amide bonds. The molecule has 0 fully saturated rings. The molecule has 0 aromatic rings. The van der Waals surface area contributed by atoms with Crippen molar-refractivity contribution in [2.75, 3.05) is 0 Å². The highest BCUT2D eigenvalue weighted by Crippen LogP contribution is 2.43. The number of rotatable bonds is 2. The summed E-state index contributed by atoms with van der Waals surface area (Å²) in [6.07, 6.45) is 0.140. The third-order valence-electron chi connectivity index (χ3n) is 1.69. The van der Waals surface area contributed by atoms with Crippen LogP contribution in [-0.2, 0) is 4.79 Å². The van der Waals surface area contributed by atoms with Crippen molar-refractivity contribution in [3.63, 3.8) is 0 Å². The van der Waals surface area contributed by atoms with Crippen LogP contribution >= 0.6 is 23.2 Å². The summed E-state index contributed by atoms with van der Waals surface area (Å²) < 4.78 is 0. The summed E-state index contributed by atoms with van der Waals surface area (Å²) in [4.78, 5) is 11.1. The van der Waals surface area contributed by atoms with Gasteiger partial charge in [-0.3, -0.25) is 4.79 Å². The summed E-state index contributed by atoms with van der Waals surface area (Å²) in [5.74, 6) is -0.517. The lowest BCUT2D eigenvalue weighted by atomic mass is 9.82. The van der Waals surface area contributed by atoms with Crippen molar-refractivity contribution in [2.24, 2.45) is 0 Å². The number of ketones is 1. The second-order valence-corrected chi connectivity index (χ2v) is 3.71. The van der Waals surface area contributed by atoms with E-state index in [4.69, 9.17) is 23.2 Å². The molecular formula is C8H8Cl2O2. The molecule has 0 saturated heterocycles. The Kier molecular flexibility index (Phi) is 2.34. The average molecular weight is 207 g/mol. The topological polar surface area (TPSA) is 37.3 Å². The number of hydrogen-bond acceptors (Lipinski definition) is 2. The molecule has 0 aliphatic heterocycles. The van der Waals surface area contributed by atoms with E-state index in [1.165, 1.54) is 0 Å². The molecule has 4 heteroatoms. The maximum absolute atomic E-state index is 11.1. The molecule has 66 valence electrons. The van der Waals surface area contributed by atoms with E-state index >= 15 is 0 Å². The Morgan fingerprint density at radius 3 is 2.50 bits per heavy atom. The largest absolute Gasteiger partial charge is 0.376 e. The third kappa shape index (κ3) is 1.20. The SMILES string of the molecule is C=C(C)CC1(O)C(=O)C(Cl)=C1Cl. The zero-order valence-corrected chi connectivity index (χ0v) is 8.04. The molecule has 1 aliphatic rings. The summed E-state index contributed by atoms with van der Waals surface area (Å²) in [6.45, 7) is 5.29. The van der Waals surface area contributed by atoms with Gasteiger partial charge in [0, 0.05) is 6.42 Å². The average Bonchev–Trinajstić information content (AvgIpc) is 2.00. The predicted octanol–water partition coefficient (Wildman–Crippen LogP) is 1.96. The summed E-state index contributed by atoms with van der Waals surface area (Å²) in [5.41, 5.74) is -0.905. The first-order chi connectivity index (χ1) is 5.39. The number of aliphatic hydroxyl groups is 1. The second-order valence-electron chi connectivity index (χ2n) is 2.95. The van der Waals surface area contributed by atoms with Crippen LogP contribution in [0.3, 0.4) is 0 Å². The van der Waals surface area contributed by atoms with Crippen molar-refractivity contribution in [3.8, 4) is 0 Å². The van der Waals surface area contributed by atoms with E-state index in [-0.39, 0.29) is 16.5 Å². The Hall–Kier alpha value is -0.310. The molecule has 0 saturated carbocycles. The van der Waals surface area contributed by atoms with Crippen LogP contribution in [0.15, 0.2) is 22.2 Å². The zero-order chi connectivity index (χ0) is 9.52. The van der Waals surface area contributed by atoms with Crippen LogP contribution < -0.4 is 0 Å². The van der Waals surface area contributed by atoms with Crippen LogP contribution in [-0.4, -0.2) is 16.5 Å². The van der Waals surface area contributed by atoms with Crippen molar-refractivity contribution >= 4 is 29.0 Å². The molecule has 0 bridgehead atoms. The van der Waals surface area contributed by atoms with Gasteiger partial charge in [-0.1, -0.05) is 28.8 Å². The van der Waals surface area contributed by atoms with Gasteiger partial charge >= 0.3 is 0 Å². The Balaban J connectivity index is 2.91. The van der Waals surface area contributed by atoms with Crippen LogP contribution in [0.5, 0.6) is 0 Å². The van der Waals surface area contributed by atoms with Gasteiger partial charge in [0.1, 0.15) is 5.03 Å². The first-order valence-corrected chi connectivity index (χ1v) is 4.12. The number of halogens is 2. The van der Waals surface area contributed by atoms with Gasteiger partial charge in [-0.15, -0.1) is 6.58 Å². The van der Waals surface area contributed by atoms with Crippen molar-refractivity contribution in [2.45, 2.75) is 18.9 Å². The summed E-state index contributed by atoms with van der Waals surface area (Å²) >= 11 is 11.0. The molecule has 0 heterocycles. The van der Waals surface area contributed by atoms with Crippen LogP contribution in [0.1, 0.15) is 13.3 Å². The Morgan fingerprint density at radius 1 is 1.67 bits per heavy atom. The van der Waals surface area contributed by atoms with Crippen LogP contribution in [0, 0.1) is 0 Å². The Labute approximate surface area is 80.5 Å². The van der Waals surface area contributed by atoms with E-state index in [1.807, 2.05) is 0 Å². The number of Topliss-reactive ketones (excluding diaryl/α,β-unsaturated/α-hetero) is 1. The molecule has 1 rings (SSSR count). The maximum atomic E-state index is 11.1. The molecule has 1 atom stereocenters. The fraction of sp³-hybridized carbons (Fsp3) is 0.375. The van der Waals surface area contributed by atoms with E-state index in [0.717, 1.165) is 0 Å². The zero-order valence-electron chi connectivity index (χ0n) is 6.53. The van der Waals surface area contributed by atoms with Crippen molar-refractivity contribution < 1.29 is 9.90 Å². The summed E-state index contributed by atoms with van der Waals surface area (Å²) in [6, 6.07) is 0. The maximum Gasteiger partial charge on any atom is 0.212 e. The second kappa shape index (κ2) is 2.87. The standard InChI is InChI=1S/C8H8Cl2O2/c1-4(2)3-8(12)6(10)5(9)7(8)11/h12H,1,3H2,2H3. The number of hydrogen-bond donors (Lipinski definition) is 1. The molecular weight excluding hydrogens is 199 g/mol. The van der Waals surface area contributed by atoms with E-state index < -0.39 is 11.4 Å². The van der Waals surface area contributed by atoms with Crippen LogP contribution in [0.25, 0.3) is 0 Å². The highest BCUT2D eigenvalue weighted by molar-refractivity contribution is 6.55. The monoisotopic (exact) mass is 206 g/mol. The minimum atomic E-state index is -1.59. The van der Waals surface area contributed by atoms with Crippen molar-refractivity contribution in [3.05, 3.63) is 22.2 Å². The van der Waals surface area contributed by atoms with Gasteiger partial charge in [0.15, 0.2) is 5.60 Å². The lowest BCUT2D eigenvalue weighted by molar-refractivity contribution is -0.132. The first-order valence-electron chi connectivity index (χ1n) is 3.37. The van der Waals surface area contributed by atoms with Crippen molar-refractivity contribution in [1.29, 1.82) is 0 Å². The molecule has 1 N–H and O–H groups in total. The minimum Gasteiger partial charge on any atom is -0.376 e. The van der Waals surface area contributed by atoms with Gasteiger partial charge in [-0.2, -0.15) is 0 Å². The lowest BCUT2D eigenvalue weighted by Crippen LogP contribution is -2.48. The van der Waals surface area contributed by atoms with Gasteiger partial charge in [-0.25, -0.2) is 0 Å². The van der Waals surface area contributed by atoms with Gasteiger partial charge in [0.25, 0.3) is 0 Å². The minimum absolute atomic E-state index is 0.0252. The molecule has 2 nitrogen and oxygen atoms in total. The quantitative estimate of drug-likeness (QED) is 0.702. The molecule has 0 radical (unpaired) electrons. The molecule has 0 aromatic heterocycles. The summed E-state index contributed by atoms with van der Waals surface area (Å²) in [7, 11) is 0. The van der Waals surface area contributed by atoms with Crippen LogP contribution in [0.4, 0.5) is 0 Å². The molecule has 1 aliphatic carbocycles. The van der Waals surface area contributed by atoms with Gasteiger partial charge in [0.05, 0.1) is 5.03 Å². The Bertz CT molecular complexity index is 293. The van der Waals surface area contributed by atoms with Crippen molar-refractivity contribution in [1.82, 2.24) is 0 Å². The summed E-state index contributed by atoms with van der Waals surface area (Å²) in [5, 5.41) is 9.56. The van der Waals surface area contributed by atoms with E-state index in [1.54, 1.807) is 6.92 Å². The fourth-order valence-corrected chi connectivity index (χ4v) is 1.65. The molecule has 0 aromatic carbocycles. The highest BCUT2D eigenvalue weighted by atomic mass is 35.5. The molecule has 1 unspecified atom stereocenters. The Morgan fingerprint density at radius 2 is 2.17 bits per heavy atom. The first kappa shape index (κ1) is 9.78. The van der Waals surface area contributed by atoms with Gasteiger partial charge in [-0.05, 0) is 6.92 Å². The fourth-order valence-electron chi connectivity index (χ4n) is 1.09. The molecule has 12 heavy (non-hydrogen) atoms. The van der Waals surface area contributed by atoms with E-state index in [9.17, 15) is 9.90 Å². The smallest absolute Gasteiger partial charge is 0.212 e. The normalized spacial score (nSPS) is 28.8. The van der Waals surface area contributed by atoms with E-state index in [2.05, 4.69) is 6.58 Å². The van der Waals surface area contributed by atoms with Gasteiger partial charge in [0.2, 0.25) is 5.78 Å². The lowest BCUT2D eigenvalue weighted by Gasteiger charge is -2.34. The highest BCUT2D eigenvalue weighted by Gasteiger charge is 2.51. The number of carbonyl (C=O) groups excluding carboxylic acids is 1.